The zero-order valence-corrected chi connectivity index (χ0v) is 28.6. The van der Waals surface area contributed by atoms with Gasteiger partial charge < -0.3 is 15.5 Å². The molecule has 3 N–H and O–H groups in total. The second kappa shape index (κ2) is 15.0. The van der Waals surface area contributed by atoms with Crippen molar-refractivity contribution in [2.24, 2.45) is 11.3 Å². The summed E-state index contributed by atoms with van der Waals surface area (Å²) < 4.78 is 27.4. The van der Waals surface area contributed by atoms with Crippen molar-refractivity contribution in [3.63, 3.8) is 0 Å². The van der Waals surface area contributed by atoms with Crippen molar-refractivity contribution in [2.45, 2.75) is 84.7 Å². The van der Waals surface area contributed by atoms with Crippen molar-refractivity contribution < 1.29 is 22.8 Å². The van der Waals surface area contributed by atoms with Crippen molar-refractivity contribution in [1.82, 2.24) is 20.3 Å². The lowest BCUT2D eigenvalue weighted by atomic mass is 9.76. The molecule has 0 aliphatic carbocycles. The van der Waals surface area contributed by atoms with Gasteiger partial charge in [-0.1, -0.05) is 115 Å². The Balaban J connectivity index is 2.29. The van der Waals surface area contributed by atoms with E-state index in [1.807, 2.05) is 78.8 Å². The minimum absolute atomic E-state index is 0.119. The molecule has 9 nitrogen and oxygen atoms in total. The van der Waals surface area contributed by atoms with Gasteiger partial charge in [0.2, 0.25) is 21.8 Å². The average molecular weight is 627 g/mol. The number of benzene rings is 2. The van der Waals surface area contributed by atoms with Crippen LogP contribution in [0.3, 0.4) is 0 Å². The smallest absolute Gasteiger partial charge is 0.260 e. The molecule has 44 heavy (non-hydrogen) atoms. The minimum atomic E-state index is -3.94. The van der Waals surface area contributed by atoms with Gasteiger partial charge in [-0.05, 0) is 36.4 Å². The zero-order chi connectivity index (χ0) is 33.5. The van der Waals surface area contributed by atoms with E-state index in [1.165, 1.54) is 11.8 Å². The second-order valence-electron chi connectivity index (χ2n) is 13.3. The first-order valence-corrected chi connectivity index (χ1v) is 16.5. The predicted octanol–water partition coefficient (Wildman–Crippen LogP) is 4.16. The number of hydrogen-bond donors (Lipinski definition) is 3. The van der Waals surface area contributed by atoms with Crippen molar-refractivity contribution in [2.75, 3.05) is 14.1 Å². The predicted molar refractivity (Wildman–Crippen MR) is 176 cm³/mol. The molecule has 2 aromatic rings. The quantitative estimate of drug-likeness (QED) is 0.287. The van der Waals surface area contributed by atoms with E-state index in [2.05, 4.69) is 15.4 Å². The van der Waals surface area contributed by atoms with E-state index >= 15 is 0 Å². The van der Waals surface area contributed by atoms with Crippen molar-refractivity contribution in [3.05, 3.63) is 83.4 Å². The highest BCUT2D eigenvalue weighted by Gasteiger charge is 2.41. The largest absolute Gasteiger partial charge is 0.342 e. The molecule has 0 aliphatic rings. The van der Waals surface area contributed by atoms with E-state index in [4.69, 9.17) is 0 Å². The fourth-order valence-electron chi connectivity index (χ4n) is 5.21. The highest BCUT2D eigenvalue weighted by atomic mass is 32.2. The molecule has 0 saturated heterocycles. The SMILES string of the molecule is CNC(C(=O)NC(C(=O)N(C)C(/C=C(\C)C(=O)NS(=O)(=O)Cc1ccccc1)C(C)C)C(C)(C)C)C(C)(C)c1ccccc1. The van der Waals surface area contributed by atoms with E-state index in [0.717, 1.165) is 5.56 Å². The Morgan fingerprint density at radius 3 is 1.89 bits per heavy atom. The standard InChI is InChI=1S/C34H50N4O5S/c1-23(2)27(21-24(3)30(39)37-44(42,43)22-25-17-13-11-14-18-25)38(10)32(41)29(33(4,5)6)36-31(40)28(35-9)34(7,8)26-19-15-12-16-20-26/h11-21,23,27-29,35H,22H2,1-10H3,(H,36,40)(H,37,39)/b24-21+. The molecule has 10 heteroatoms. The van der Waals surface area contributed by atoms with E-state index in [9.17, 15) is 22.8 Å². The molecule has 3 unspecified atom stereocenters. The van der Waals surface area contributed by atoms with Crippen LogP contribution in [-0.4, -0.2) is 63.3 Å². The van der Waals surface area contributed by atoms with Crippen molar-refractivity contribution in [3.8, 4) is 0 Å². The number of sulfonamides is 1. The molecule has 0 heterocycles. The summed E-state index contributed by atoms with van der Waals surface area (Å²) in [5.41, 5.74) is 0.486. The van der Waals surface area contributed by atoms with Crippen LogP contribution >= 0.6 is 0 Å². The Bertz CT molecular complexity index is 1410. The van der Waals surface area contributed by atoms with E-state index in [0.29, 0.717) is 5.56 Å². The number of carbonyl (C=O) groups excluding carboxylic acids is 3. The van der Waals surface area contributed by atoms with Gasteiger partial charge in [0.25, 0.3) is 5.91 Å². The van der Waals surface area contributed by atoms with Crippen LogP contribution in [0.15, 0.2) is 72.3 Å². The molecule has 0 fully saturated rings. The summed E-state index contributed by atoms with van der Waals surface area (Å²) in [4.78, 5) is 42.2. The van der Waals surface area contributed by atoms with Gasteiger partial charge in [0.15, 0.2) is 0 Å². The van der Waals surface area contributed by atoms with E-state index in [1.54, 1.807) is 50.5 Å². The van der Waals surface area contributed by atoms with Crippen molar-refractivity contribution in [1.29, 1.82) is 0 Å². The Kier molecular flexibility index (Phi) is 12.5. The summed E-state index contributed by atoms with van der Waals surface area (Å²) in [7, 11) is -0.576. The monoisotopic (exact) mass is 626 g/mol. The zero-order valence-electron chi connectivity index (χ0n) is 27.8. The fraction of sp³-hybridized carbons (Fsp3) is 0.500. The molecule has 3 amide bonds. The minimum Gasteiger partial charge on any atom is -0.342 e. The first-order valence-electron chi connectivity index (χ1n) is 14.9. The Labute approximate surface area is 263 Å². The van der Waals surface area contributed by atoms with Gasteiger partial charge >= 0.3 is 0 Å². The molecule has 2 rings (SSSR count). The van der Waals surface area contributed by atoms with Crippen LogP contribution in [0.2, 0.25) is 0 Å². The van der Waals surface area contributed by atoms with Gasteiger partial charge in [0.05, 0.1) is 17.8 Å². The third-order valence-corrected chi connectivity index (χ3v) is 9.10. The summed E-state index contributed by atoms with van der Waals surface area (Å²) >= 11 is 0. The highest BCUT2D eigenvalue weighted by molar-refractivity contribution is 7.89. The molecule has 242 valence electrons. The Morgan fingerprint density at radius 1 is 0.886 bits per heavy atom. The van der Waals surface area contributed by atoms with E-state index < -0.39 is 44.9 Å². The van der Waals surface area contributed by atoms with Crippen LogP contribution in [0.5, 0.6) is 0 Å². The maximum atomic E-state index is 14.1. The Morgan fingerprint density at radius 2 is 1.41 bits per heavy atom. The first kappa shape index (κ1) is 36.7. The van der Waals surface area contributed by atoms with Gasteiger partial charge in [0, 0.05) is 18.0 Å². The number of nitrogens with one attached hydrogen (secondary N) is 3. The normalized spacial score (nSPS) is 14.8. The average Bonchev–Trinajstić information content (AvgIpc) is 2.93. The molecule has 0 aliphatic heterocycles. The lowest BCUT2D eigenvalue weighted by Gasteiger charge is -2.40. The van der Waals surface area contributed by atoms with Crippen LogP contribution in [-0.2, 0) is 35.6 Å². The number of carbonyl (C=O) groups is 3. The van der Waals surface area contributed by atoms with Crippen LogP contribution in [0.1, 0.15) is 66.5 Å². The number of nitrogens with zero attached hydrogens (tertiary/aromatic N) is 1. The van der Waals surface area contributed by atoms with Crippen LogP contribution in [0, 0.1) is 11.3 Å². The summed E-state index contributed by atoms with van der Waals surface area (Å²) in [6.07, 6.45) is 1.60. The molecular formula is C34H50N4O5S. The van der Waals surface area contributed by atoms with Crippen LogP contribution in [0.25, 0.3) is 0 Å². The number of hydrogen-bond acceptors (Lipinski definition) is 6. The molecule has 0 radical (unpaired) electrons. The third-order valence-electron chi connectivity index (χ3n) is 7.89. The van der Waals surface area contributed by atoms with Gasteiger partial charge in [-0.2, -0.15) is 0 Å². The Hall–Kier alpha value is -3.50. The van der Waals surface area contributed by atoms with Gasteiger partial charge in [-0.25, -0.2) is 13.1 Å². The fourth-order valence-corrected chi connectivity index (χ4v) is 6.36. The maximum absolute atomic E-state index is 14.1. The number of rotatable bonds is 13. The van der Waals surface area contributed by atoms with Gasteiger partial charge in [0.1, 0.15) is 6.04 Å². The highest BCUT2D eigenvalue weighted by Crippen LogP contribution is 2.29. The third kappa shape index (κ3) is 9.75. The van der Waals surface area contributed by atoms with Gasteiger partial charge in [-0.3, -0.25) is 14.4 Å². The molecule has 2 aromatic carbocycles. The second-order valence-corrected chi connectivity index (χ2v) is 15.0. The maximum Gasteiger partial charge on any atom is 0.260 e. The molecule has 0 spiro atoms. The van der Waals surface area contributed by atoms with Crippen LogP contribution in [0.4, 0.5) is 0 Å². The first-order chi connectivity index (χ1) is 20.3. The summed E-state index contributed by atoms with van der Waals surface area (Å²) in [5.74, 6) is -1.84. The molecular weight excluding hydrogens is 576 g/mol. The van der Waals surface area contributed by atoms with Crippen molar-refractivity contribution >= 4 is 27.7 Å². The lowest BCUT2D eigenvalue weighted by Crippen LogP contribution is -2.61. The number of likely N-dealkylation sites (N-methyl/N-ethyl adjacent to an activating group) is 2. The number of amides is 3. The summed E-state index contributed by atoms with van der Waals surface area (Å²) in [6.45, 7) is 15.0. The molecule has 3 atom stereocenters. The molecule has 0 bridgehead atoms. The molecule has 0 aromatic heterocycles. The van der Waals surface area contributed by atoms with E-state index in [-0.39, 0.29) is 29.1 Å². The molecule has 0 saturated carbocycles. The van der Waals surface area contributed by atoms with Crippen LogP contribution < -0.4 is 15.4 Å². The lowest BCUT2D eigenvalue weighted by molar-refractivity contribution is -0.140. The topological polar surface area (TPSA) is 125 Å². The van der Waals surface area contributed by atoms with Gasteiger partial charge in [-0.15, -0.1) is 0 Å². The summed E-state index contributed by atoms with van der Waals surface area (Å²) in [5, 5.41) is 6.16. The summed E-state index contributed by atoms with van der Waals surface area (Å²) in [6, 6.07) is 16.3.